The Kier molecular flexibility index (Phi) is 9.68. The molecular weight excluding hydrogens is 449 g/mol. The standard InChI is InChI=1S/C17H33N5O3.HI/c1-8-19-13(23)17(5,6)11-20-14(18-7)21-12-9-22(10-12)15(24)25-16(2,3)4;/h12H,8-11H2,1-7H3,(H,19,23)(H2,18,20,21);1H. The zero-order valence-corrected chi connectivity index (χ0v) is 19.3. The fraction of sp³-hybridized carbons (Fsp3) is 0.824. The number of nitrogens with zero attached hydrogens (tertiary/aromatic N) is 2. The summed E-state index contributed by atoms with van der Waals surface area (Å²) < 4.78 is 5.33. The number of hydrogen-bond acceptors (Lipinski definition) is 4. The minimum atomic E-state index is -0.546. The Bertz CT molecular complexity index is 511. The van der Waals surface area contributed by atoms with Gasteiger partial charge in [0, 0.05) is 33.2 Å². The number of ether oxygens (including phenoxy) is 1. The number of guanidine groups is 1. The number of carbonyl (C=O) groups is 2. The van der Waals surface area contributed by atoms with Gasteiger partial charge in [-0.3, -0.25) is 9.79 Å². The summed E-state index contributed by atoms with van der Waals surface area (Å²) in [7, 11) is 1.68. The van der Waals surface area contributed by atoms with Crippen molar-refractivity contribution in [3.8, 4) is 0 Å². The third kappa shape index (κ3) is 7.96. The first-order chi connectivity index (χ1) is 11.5. The van der Waals surface area contributed by atoms with Crippen LogP contribution in [0.2, 0.25) is 0 Å². The fourth-order valence-electron chi connectivity index (χ4n) is 2.22. The van der Waals surface area contributed by atoms with Crippen molar-refractivity contribution in [2.75, 3.05) is 33.2 Å². The second kappa shape index (κ2) is 10.2. The van der Waals surface area contributed by atoms with E-state index in [2.05, 4.69) is 20.9 Å². The maximum absolute atomic E-state index is 12.0. The van der Waals surface area contributed by atoms with Gasteiger partial charge in [-0.15, -0.1) is 24.0 Å². The highest BCUT2D eigenvalue weighted by molar-refractivity contribution is 14.0. The topological polar surface area (TPSA) is 95.1 Å². The van der Waals surface area contributed by atoms with Crippen LogP contribution in [0.25, 0.3) is 0 Å². The van der Waals surface area contributed by atoms with E-state index in [1.54, 1.807) is 11.9 Å². The van der Waals surface area contributed by atoms with Crippen molar-refractivity contribution in [1.29, 1.82) is 0 Å². The maximum Gasteiger partial charge on any atom is 0.410 e. The number of hydrogen-bond donors (Lipinski definition) is 3. The van der Waals surface area contributed by atoms with E-state index in [1.807, 2.05) is 41.5 Å². The first-order valence-electron chi connectivity index (χ1n) is 8.72. The van der Waals surface area contributed by atoms with Crippen LogP contribution in [0.5, 0.6) is 0 Å². The number of carbonyl (C=O) groups excluding carboxylic acids is 2. The molecule has 1 rings (SSSR count). The summed E-state index contributed by atoms with van der Waals surface area (Å²) in [5, 5.41) is 9.26. The molecule has 1 fully saturated rings. The normalized spacial score (nSPS) is 15.5. The molecule has 0 atom stereocenters. The SMILES string of the molecule is CCNC(=O)C(C)(C)CNC(=NC)NC1CN(C(=O)OC(C)(C)C)C1.I. The van der Waals surface area contributed by atoms with Crippen molar-refractivity contribution in [2.24, 2.45) is 10.4 Å². The average Bonchev–Trinajstić information content (AvgIpc) is 2.43. The molecule has 0 aromatic carbocycles. The molecular formula is C17H34IN5O3. The van der Waals surface area contributed by atoms with Crippen LogP contribution in [-0.2, 0) is 9.53 Å². The second-order valence-corrected chi connectivity index (χ2v) is 7.90. The number of likely N-dealkylation sites (tertiary alicyclic amines) is 1. The summed E-state index contributed by atoms with van der Waals surface area (Å²) in [4.78, 5) is 29.8. The van der Waals surface area contributed by atoms with Crippen molar-refractivity contribution < 1.29 is 14.3 Å². The molecule has 0 aromatic heterocycles. The molecule has 1 aliphatic rings. The predicted octanol–water partition coefficient (Wildman–Crippen LogP) is 1.55. The van der Waals surface area contributed by atoms with Crippen LogP contribution >= 0.6 is 24.0 Å². The summed E-state index contributed by atoms with van der Waals surface area (Å²) in [6, 6.07) is 0.117. The predicted molar refractivity (Wildman–Crippen MR) is 114 cm³/mol. The summed E-state index contributed by atoms with van der Waals surface area (Å²) in [5.74, 6) is 0.615. The van der Waals surface area contributed by atoms with Gasteiger partial charge in [0.05, 0.1) is 11.5 Å². The molecule has 2 amide bonds. The molecule has 0 unspecified atom stereocenters. The smallest absolute Gasteiger partial charge is 0.410 e. The first-order valence-corrected chi connectivity index (χ1v) is 8.72. The molecule has 0 saturated carbocycles. The lowest BCUT2D eigenvalue weighted by atomic mass is 9.92. The summed E-state index contributed by atoms with van der Waals surface area (Å²) >= 11 is 0. The molecule has 0 aliphatic carbocycles. The number of rotatable bonds is 5. The van der Waals surface area contributed by atoms with E-state index >= 15 is 0 Å². The minimum absolute atomic E-state index is 0. The van der Waals surface area contributed by atoms with Gasteiger partial charge in [0.25, 0.3) is 0 Å². The van der Waals surface area contributed by atoms with Gasteiger partial charge in [-0.1, -0.05) is 0 Å². The number of aliphatic imine (C=N–C) groups is 1. The van der Waals surface area contributed by atoms with E-state index in [1.165, 1.54) is 0 Å². The molecule has 1 saturated heterocycles. The Hall–Kier alpha value is -1.26. The first kappa shape index (κ1) is 24.7. The van der Waals surface area contributed by atoms with Gasteiger partial charge in [-0.05, 0) is 41.5 Å². The fourth-order valence-corrected chi connectivity index (χ4v) is 2.22. The van der Waals surface area contributed by atoms with Crippen LogP contribution in [0.1, 0.15) is 41.5 Å². The third-order valence-electron chi connectivity index (χ3n) is 3.75. The molecule has 26 heavy (non-hydrogen) atoms. The van der Waals surface area contributed by atoms with E-state index < -0.39 is 11.0 Å². The Balaban J connectivity index is 0.00000625. The van der Waals surface area contributed by atoms with E-state index in [4.69, 9.17) is 4.74 Å². The van der Waals surface area contributed by atoms with E-state index in [-0.39, 0.29) is 42.0 Å². The zero-order valence-electron chi connectivity index (χ0n) is 16.9. The lowest BCUT2D eigenvalue weighted by molar-refractivity contribution is -0.128. The van der Waals surface area contributed by atoms with Crippen LogP contribution < -0.4 is 16.0 Å². The van der Waals surface area contributed by atoms with E-state index in [0.29, 0.717) is 32.1 Å². The highest BCUT2D eigenvalue weighted by Crippen LogP contribution is 2.16. The molecule has 0 radical (unpaired) electrons. The number of halogens is 1. The molecule has 1 aliphatic heterocycles. The maximum atomic E-state index is 12.0. The largest absolute Gasteiger partial charge is 0.444 e. The van der Waals surface area contributed by atoms with Crippen molar-refractivity contribution in [1.82, 2.24) is 20.9 Å². The molecule has 1 heterocycles. The van der Waals surface area contributed by atoms with Crippen LogP contribution in [-0.4, -0.2) is 67.7 Å². The molecule has 8 nitrogen and oxygen atoms in total. The van der Waals surface area contributed by atoms with Gasteiger partial charge in [-0.25, -0.2) is 4.79 Å². The third-order valence-corrected chi connectivity index (χ3v) is 3.75. The van der Waals surface area contributed by atoms with E-state index in [0.717, 1.165) is 0 Å². The highest BCUT2D eigenvalue weighted by Gasteiger charge is 2.34. The Labute approximate surface area is 173 Å². The molecule has 0 bridgehead atoms. The Morgan fingerprint density at radius 2 is 1.73 bits per heavy atom. The summed E-state index contributed by atoms with van der Waals surface area (Å²) in [5.41, 5.74) is -1.03. The van der Waals surface area contributed by atoms with Gasteiger partial charge >= 0.3 is 6.09 Å². The van der Waals surface area contributed by atoms with Gasteiger partial charge < -0.3 is 25.6 Å². The summed E-state index contributed by atoms with van der Waals surface area (Å²) in [6.45, 7) is 13.4. The summed E-state index contributed by atoms with van der Waals surface area (Å²) in [6.07, 6.45) is -0.300. The lowest BCUT2D eigenvalue weighted by Gasteiger charge is -2.40. The van der Waals surface area contributed by atoms with Crippen LogP contribution in [0, 0.1) is 5.41 Å². The monoisotopic (exact) mass is 483 g/mol. The number of amides is 2. The van der Waals surface area contributed by atoms with Crippen LogP contribution in [0.3, 0.4) is 0 Å². The number of nitrogens with one attached hydrogen (secondary N) is 3. The Morgan fingerprint density at radius 1 is 1.15 bits per heavy atom. The van der Waals surface area contributed by atoms with Gasteiger partial charge in [0.2, 0.25) is 5.91 Å². The molecule has 152 valence electrons. The van der Waals surface area contributed by atoms with Crippen molar-refractivity contribution in [2.45, 2.75) is 53.2 Å². The van der Waals surface area contributed by atoms with Crippen molar-refractivity contribution >= 4 is 41.9 Å². The molecule has 0 aromatic rings. The van der Waals surface area contributed by atoms with Crippen LogP contribution in [0.4, 0.5) is 4.79 Å². The Morgan fingerprint density at radius 3 is 2.19 bits per heavy atom. The minimum Gasteiger partial charge on any atom is -0.444 e. The van der Waals surface area contributed by atoms with Gasteiger partial charge in [0.1, 0.15) is 5.60 Å². The molecule has 3 N–H and O–H groups in total. The van der Waals surface area contributed by atoms with Gasteiger partial charge in [-0.2, -0.15) is 0 Å². The van der Waals surface area contributed by atoms with Crippen molar-refractivity contribution in [3.63, 3.8) is 0 Å². The lowest BCUT2D eigenvalue weighted by Crippen LogP contribution is -2.63. The average molecular weight is 483 g/mol. The second-order valence-electron chi connectivity index (χ2n) is 7.90. The van der Waals surface area contributed by atoms with Crippen LogP contribution in [0.15, 0.2) is 4.99 Å². The zero-order chi connectivity index (χ0) is 19.3. The van der Waals surface area contributed by atoms with E-state index in [9.17, 15) is 9.59 Å². The molecule has 0 spiro atoms. The molecule has 9 heteroatoms. The van der Waals surface area contributed by atoms with Gasteiger partial charge in [0.15, 0.2) is 5.96 Å². The van der Waals surface area contributed by atoms with Crippen molar-refractivity contribution in [3.05, 3.63) is 0 Å². The quantitative estimate of drug-likeness (QED) is 0.314. The highest BCUT2D eigenvalue weighted by atomic mass is 127.